The summed E-state index contributed by atoms with van der Waals surface area (Å²) in [6, 6.07) is 9.67. The lowest BCUT2D eigenvalue weighted by molar-refractivity contribution is -0.133. The van der Waals surface area contributed by atoms with Crippen molar-refractivity contribution in [3.63, 3.8) is 0 Å². The van der Waals surface area contributed by atoms with Crippen molar-refractivity contribution < 1.29 is 4.79 Å². The van der Waals surface area contributed by atoms with Gasteiger partial charge in [0.25, 0.3) is 0 Å². The molecule has 1 aliphatic heterocycles. The van der Waals surface area contributed by atoms with Gasteiger partial charge in [-0.2, -0.15) is 0 Å². The van der Waals surface area contributed by atoms with Gasteiger partial charge in [-0.15, -0.1) is 0 Å². The maximum absolute atomic E-state index is 12.2. The molecule has 0 aromatic heterocycles. The van der Waals surface area contributed by atoms with E-state index >= 15 is 0 Å². The molecule has 1 aromatic carbocycles. The van der Waals surface area contributed by atoms with E-state index in [0.29, 0.717) is 12.3 Å². The number of amides is 1. The summed E-state index contributed by atoms with van der Waals surface area (Å²) >= 11 is 0. The van der Waals surface area contributed by atoms with Crippen LogP contribution < -0.4 is 5.73 Å². The van der Waals surface area contributed by atoms with E-state index in [4.69, 9.17) is 5.73 Å². The van der Waals surface area contributed by atoms with Gasteiger partial charge in [0.05, 0.1) is 0 Å². The number of nitrogens with zero attached hydrogens (tertiary/aromatic N) is 1. The van der Waals surface area contributed by atoms with Crippen LogP contribution in [-0.2, 0) is 4.79 Å². The first-order chi connectivity index (χ1) is 8.66. The van der Waals surface area contributed by atoms with Crippen molar-refractivity contribution in [3.05, 3.63) is 35.9 Å². The van der Waals surface area contributed by atoms with Gasteiger partial charge in [-0.1, -0.05) is 37.3 Å². The van der Waals surface area contributed by atoms with E-state index in [1.54, 1.807) is 0 Å². The predicted molar refractivity (Wildman–Crippen MR) is 73.0 cm³/mol. The molecule has 98 valence electrons. The third kappa shape index (κ3) is 3.33. The SMILES string of the molecule is C[C@H]1CCCN(C(=O)C[C@@H](N)c2ccccc2)C1. The van der Waals surface area contributed by atoms with Crippen LogP contribution >= 0.6 is 0 Å². The summed E-state index contributed by atoms with van der Waals surface area (Å²) in [5.41, 5.74) is 7.13. The van der Waals surface area contributed by atoms with Crippen molar-refractivity contribution in [1.82, 2.24) is 4.90 Å². The van der Waals surface area contributed by atoms with E-state index in [-0.39, 0.29) is 11.9 Å². The van der Waals surface area contributed by atoms with Crippen LogP contribution in [0.15, 0.2) is 30.3 Å². The van der Waals surface area contributed by atoms with Crippen LogP contribution in [0.2, 0.25) is 0 Å². The maximum Gasteiger partial charge on any atom is 0.224 e. The Balaban J connectivity index is 1.91. The molecule has 2 atom stereocenters. The molecular weight excluding hydrogens is 224 g/mol. The molecule has 0 bridgehead atoms. The first kappa shape index (κ1) is 13.1. The fourth-order valence-electron chi connectivity index (χ4n) is 2.55. The van der Waals surface area contributed by atoms with Crippen LogP contribution in [0.25, 0.3) is 0 Å². The summed E-state index contributed by atoms with van der Waals surface area (Å²) in [6.45, 7) is 3.99. The van der Waals surface area contributed by atoms with Gasteiger partial charge in [0, 0.05) is 25.6 Å². The Morgan fingerprint density at radius 2 is 2.17 bits per heavy atom. The molecule has 0 unspecified atom stereocenters. The zero-order chi connectivity index (χ0) is 13.0. The summed E-state index contributed by atoms with van der Waals surface area (Å²) in [5.74, 6) is 0.813. The van der Waals surface area contributed by atoms with Gasteiger partial charge in [0.1, 0.15) is 0 Å². The maximum atomic E-state index is 12.2. The molecule has 3 nitrogen and oxygen atoms in total. The Bertz CT molecular complexity index is 391. The highest BCUT2D eigenvalue weighted by molar-refractivity contribution is 5.77. The predicted octanol–water partition coefficient (Wildman–Crippen LogP) is 2.34. The lowest BCUT2D eigenvalue weighted by Crippen LogP contribution is -2.40. The largest absolute Gasteiger partial charge is 0.342 e. The van der Waals surface area contributed by atoms with Gasteiger partial charge in [0.2, 0.25) is 5.91 Å². The number of carbonyl (C=O) groups is 1. The molecule has 2 rings (SSSR count). The Kier molecular flexibility index (Phi) is 4.37. The molecule has 1 aromatic rings. The van der Waals surface area contributed by atoms with Crippen molar-refractivity contribution in [2.45, 2.75) is 32.2 Å². The highest BCUT2D eigenvalue weighted by Gasteiger charge is 2.22. The molecule has 1 saturated heterocycles. The second-order valence-electron chi connectivity index (χ2n) is 5.31. The van der Waals surface area contributed by atoms with Gasteiger partial charge >= 0.3 is 0 Å². The van der Waals surface area contributed by atoms with Crippen LogP contribution in [-0.4, -0.2) is 23.9 Å². The number of hydrogen-bond donors (Lipinski definition) is 1. The zero-order valence-corrected chi connectivity index (χ0v) is 11.0. The smallest absolute Gasteiger partial charge is 0.224 e. The van der Waals surface area contributed by atoms with E-state index in [9.17, 15) is 4.79 Å². The second-order valence-corrected chi connectivity index (χ2v) is 5.31. The summed E-state index contributed by atoms with van der Waals surface area (Å²) in [4.78, 5) is 14.1. The van der Waals surface area contributed by atoms with Crippen molar-refractivity contribution >= 4 is 5.91 Å². The lowest BCUT2D eigenvalue weighted by atomic mass is 9.98. The fourth-order valence-corrected chi connectivity index (χ4v) is 2.55. The van der Waals surface area contributed by atoms with E-state index in [2.05, 4.69) is 6.92 Å². The third-order valence-electron chi connectivity index (χ3n) is 3.63. The number of carbonyl (C=O) groups excluding carboxylic acids is 1. The molecule has 18 heavy (non-hydrogen) atoms. The van der Waals surface area contributed by atoms with Crippen LogP contribution in [0.3, 0.4) is 0 Å². The Morgan fingerprint density at radius 3 is 2.83 bits per heavy atom. The summed E-state index contributed by atoms with van der Waals surface area (Å²) in [7, 11) is 0. The standard InChI is InChI=1S/C15H22N2O/c1-12-6-5-9-17(11-12)15(18)10-14(16)13-7-3-2-4-8-13/h2-4,7-8,12,14H,5-6,9-11,16H2,1H3/t12-,14+/m0/s1. The molecule has 1 fully saturated rings. The van der Waals surface area contributed by atoms with E-state index < -0.39 is 0 Å². The Hall–Kier alpha value is -1.35. The molecule has 1 amide bonds. The first-order valence-corrected chi connectivity index (χ1v) is 6.75. The van der Waals surface area contributed by atoms with Crippen molar-refractivity contribution in [3.8, 4) is 0 Å². The molecule has 0 spiro atoms. The summed E-state index contributed by atoms with van der Waals surface area (Å²) in [5, 5.41) is 0. The minimum atomic E-state index is -0.184. The van der Waals surface area contributed by atoms with Crippen LogP contribution in [0.5, 0.6) is 0 Å². The summed E-state index contributed by atoms with van der Waals surface area (Å²) < 4.78 is 0. The van der Waals surface area contributed by atoms with Gasteiger partial charge in [-0.05, 0) is 24.3 Å². The number of benzene rings is 1. The number of likely N-dealkylation sites (tertiary alicyclic amines) is 1. The van der Waals surface area contributed by atoms with Crippen LogP contribution in [0, 0.1) is 5.92 Å². The molecule has 3 heteroatoms. The Labute approximate surface area is 109 Å². The molecular formula is C15H22N2O. The Morgan fingerprint density at radius 1 is 1.44 bits per heavy atom. The number of rotatable bonds is 3. The van der Waals surface area contributed by atoms with Gasteiger partial charge in [0.15, 0.2) is 0 Å². The average molecular weight is 246 g/mol. The number of hydrogen-bond acceptors (Lipinski definition) is 2. The zero-order valence-electron chi connectivity index (χ0n) is 11.0. The highest BCUT2D eigenvalue weighted by Crippen LogP contribution is 2.19. The number of piperidine rings is 1. The minimum absolute atomic E-state index is 0.184. The number of nitrogens with two attached hydrogens (primary N) is 1. The first-order valence-electron chi connectivity index (χ1n) is 6.75. The fraction of sp³-hybridized carbons (Fsp3) is 0.533. The highest BCUT2D eigenvalue weighted by atomic mass is 16.2. The topological polar surface area (TPSA) is 46.3 Å². The quantitative estimate of drug-likeness (QED) is 0.889. The van der Waals surface area contributed by atoms with Crippen molar-refractivity contribution in [1.29, 1.82) is 0 Å². The normalized spacial score (nSPS) is 21.7. The summed E-state index contributed by atoms with van der Waals surface area (Å²) in [6.07, 6.45) is 2.76. The monoisotopic (exact) mass is 246 g/mol. The second kappa shape index (κ2) is 6.01. The molecule has 0 radical (unpaired) electrons. The van der Waals surface area contributed by atoms with Crippen LogP contribution in [0.4, 0.5) is 0 Å². The molecule has 0 aliphatic carbocycles. The van der Waals surface area contributed by atoms with Gasteiger partial charge in [-0.3, -0.25) is 4.79 Å². The molecule has 1 aliphatic rings. The van der Waals surface area contributed by atoms with Crippen LogP contribution in [0.1, 0.15) is 37.8 Å². The molecule has 0 saturated carbocycles. The average Bonchev–Trinajstić information content (AvgIpc) is 2.39. The van der Waals surface area contributed by atoms with E-state index in [0.717, 1.165) is 25.1 Å². The van der Waals surface area contributed by atoms with E-state index in [1.165, 1.54) is 6.42 Å². The minimum Gasteiger partial charge on any atom is -0.342 e. The van der Waals surface area contributed by atoms with Crippen molar-refractivity contribution in [2.24, 2.45) is 11.7 Å². The third-order valence-corrected chi connectivity index (χ3v) is 3.63. The molecule has 1 heterocycles. The van der Waals surface area contributed by atoms with Crippen molar-refractivity contribution in [2.75, 3.05) is 13.1 Å². The van der Waals surface area contributed by atoms with Gasteiger partial charge < -0.3 is 10.6 Å². The van der Waals surface area contributed by atoms with E-state index in [1.807, 2.05) is 35.2 Å². The lowest BCUT2D eigenvalue weighted by Gasteiger charge is -2.31. The molecule has 2 N–H and O–H groups in total. The van der Waals surface area contributed by atoms with Gasteiger partial charge in [-0.25, -0.2) is 0 Å².